The van der Waals surface area contributed by atoms with Crippen molar-refractivity contribution in [1.82, 2.24) is 0 Å². The van der Waals surface area contributed by atoms with Crippen LogP contribution < -0.4 is 0 Å². The quantitative estimate of drug-likeness (QED) is 0.751. The number of benzene rings is 2. The van der Waals surface area contributed by atoms with Crippen LogP contribution in [0.3, 0.4) is 0 Å². The maximum absolute atomic E-state index is 5.76. The molecule has 2 aromatic rings. The van der Waals surface area contributed by atoms with Gasteiger partial charge >= 0.3 is 0 Å². The molecule has 0 saturated heterocycles. The molecule has 2 aromatic carbocycles. The van der Waals surface area contributed by atoms with Crippen molar-refractivity contribution in [3.8, 4) is 0 Å². The Morgan fingerprint density at radius 1 is 0.895 bits per heavy atom. The molecule has 0 spiro atoms. The van der Waals surface area contributed by atoms with Crippen molar-refractivity contribution in [1.29, 1.82) is 0 Å². The van der Waals surface area contributed by atoms with Gasteiger partial charge < -0.3 is 4.74 Å². The van der Waals surface area contributed by atoms with E-state index in [1.807, 2.05) is 11.5 Å². The zero-order chi connectivity index (χ0) is 13.1. The Balaban J connectivity index is 2.12. The summed E-state index contributed by atoms with van der Waals surface area (Å²) in [5.74, 6) is 0.933. The molecule has 94 valence electrons. The van der Waals surface area contributed by atoms with Gasteiger partial charge in [-0.3, -0.25) is 0 Å². The minimum atomic E-state index is 0.933. The maximum atomic E-state index is 5.76. The van der Waals surface area contributed by atoms with Gasteiger partial charge in [-0.2, -0.15) is 0 Å². The van der Waals surface area contributed by atoms with Gasteiger partial charge in [0.2, 0.25) is 0 Å². The second kappa shape index (κ2) is 5.37. The molecule has 0 atom stereocenters. The normalized spacial score (nSPS) is 14.4. The van der Waals surface area contributed by atoms with E-state index in [0.717, 1.165) is 16.2 Å². The van der Waals surface area contributed by atoms with Crippen molar-refractivity contribution in [2.45, 2.75) is 6.92 Å². The number of hydrogen-bond donors (Lipinski definition) is 0. The molecule has 0 aliphatic carbocycles. The van der Waals surface area contributed by atoms with Crippen molar-refractivity contribution < 1.29 is 4.74 Å². The highest BCUT2D eigenvalue weighted by atomic mass is 32.2. The highest BCUT2D eigenvalue weighted by molar-refractivity contribution is 8.11. The third-order valence-corrected chi connectivity index (χ3v) is 3.85. The van der Waals surface area contributed by atoms with Gasteiger partial charge in [-0.25, -0.2) is 0 Å². The number of ether oxygens (including phenoxy) is 1. The van der Waals surface area contributed by atoms with Crippen LogP contribution in [0.1, 0.15) is 16.7 Å². The molecule has 0 aromatic heterocycles. The van der Waals surface area contributed by atoms with Gasteiger partial charge in [0.1, 0.15) is 5.76 Å². The number of aryl methyl sites for hydroxylation is 1. The Kier molecular flexibility index (Phi) is 3.43. The molecule has 0 fully saturated rings. The molecule has 1 aliphatic rings. The molecule has 0 amide bonds. The summed E-state index contributed by atoms with van der Waals surface area (Å²) in [5.41, 5.74) is 3.55. The smallest absolute Gasteiger partial charge is 0.148 e. The molecule has 0 saturated carbocycles. The Morgan fingerprint density at radius 2 is 1.68 bits per heavy atom. The molecule has 1 aliphatic heterocycles. The molecule has 3 rings (SSSR count). The lowest BCUT2D eigenvalue weighted by Crippen LogP contribution is -1.95. The molecule has 19 heavy (non-hydrogen) atoms. The summed E-state index contributed by atoms with van der Waals surface area (Å²) in [6, 6.07) is 18.7. The van der Waals surface area contributed by atoms with Gasteiger partial charge in [-0.1, -0.05) is 65.9 Å². The first kappa shape index (κ1) is 12.1. The lowest BCUT2D eigenvalue weighted by molar-refractivity contribution is 0.439. The SMILES string of the molecule is Cc1cccc(C2=C(c3ccccc3)SC=CO2)c1. The van der Waals surface area contributed by atoms with Gasteiger partial charge in [-0.05, 0) is 18.6 Å². The van der Waals surface area contributed by atoms with E-state index < -0.39 is 0 Å². The van der Waals surface area contributed by atoms with E-state index in [2.05, 4.69) is 55.5 Å². The van der Waals surface area contributed by atoms with Gasteiger partial charge in [-0.15, -0.1) is 0 Å². The Hall–Kier alpha value is -1.93. The van der Waals surface area contributed by atoms with Crippen molar-refractivity contribution in [2.24, 2.45) is 0 Å². The number of rotatable bonds is 2. The van der Waals surface area contributed by atoms with E-state index in [1.54, 1.807) is 18.0 Å². The molecule has 1 nitrogen and oxygen atoms in total. The predicted molar refractivity (Wildman–Crippen MR) is 82.3 cm³/mol. The standard InChI is InChI=1S/C17H14OS/c1-13-6-5-9-15(12-13)16-17(19-11-10-18-16)14-7-3-2-4-8-14/h2-12H,1H3. The first-order valence-corrected chi connectivity index (χ1v) is 7.07. The van der Waals surface area contributed by atoms with Gasteiger partial charge in [0.05, 0.1) is 11.2 Å². The fourth-order valence-corrected chi connectivity index (χ4v) is 2.87. The third kappa shape index (κ3) is 2.59. The summed E-state index contributed by atoms with van der Waals surface area (Å²) in [4.78, 5) is 1.16. The monoisotopic (exact) mass is 266 g/mol. The van der Waals surface area contributed by atoms with Crippen molar-refractivity contribution >= 4 is 22.4 Å². The first-order chi connectivity index (χ1) is 9.34. The zero-order valence-corrected chi connectivity index (χ0v) is 11.5. The lowest BCUT2D eigenvalue weighted by atomic mass is 10.1. The second-order valence-electron chi connectivity index (χ2n) is 4.40. The topological polar surface area (TPSA) is 9.23 Å². The van der Waals surface area contributed by atoms with E-state index in [9.17, 15) is 0 Å². The second-order valence-corrected chi connectivity index (χ2v) is 5.32. The Morgan fingerprint density at radius 3 is 2.47 bits per heavy atom. The summed E-state index contributed by atoms with van der Waals surface area (Å²) in [7, 11) is 0. The minimum absolute atomic E-state index is 0.933. The first-order valence-electron chi connectivity index (χ1n) is 6.20. The molecule has 2 heteroatoms. The van der Waals surface area contributed by atoms with Crippen LogP contribution in [-0.2, 0) is 4.74 Å². The van der Waals surface area contributed by atoms with Crippen molar-refractivity contribution in [2.75, 3.05) is 0 Å². The summed E-state index contributed by atoms with van der Waals surface area (Å²) < 4.78 is 5.76. The van der Waals surface area contributed by atoms with Gasteiger partial charge in [0.25, 0.3) is 0 Å². The Bertz CT molecular complexity index is 641. The Labute approximate surface area is 117 Å². The zero-order valence-electron chi connectivity index (χ0n) is 10.7. The van der Waals surface area contributed by atoms with Gasteiger partial charge in [0.15, 0.2) is 0 Å². The fraction of sp³-hybridized carbons (Fsp3) is 0.0588. The van der Waals surface area contributed by atoms with Crippen LogP contribution in [0.2, 0.25) is 0 Å². The molecule has 0 radical (unpaired) electrons. The molecule has 0 bridgehead atoms. The van der Waals surface area contributed by atoms with E-state index >= 15 is 0 Å². The van der Waals surface area contributed by atoms with Crippen LogP contribution in [0.25, 0.3) is 10.7 Å². The highest BCUT2D eigenvalue weighted by Gasteiger charge is 2.15. The number of thioether (sulfide) groups is 1. The summed E-state index contributed by atoms with van der Waals surface area (Å²) >= 11 is 1.70. The molecular weight excluding hydrogens is 252 g/mol. The fourth-order valence-electron chi connectivity index (χ4n) is 2.07. The lowest BCUT2D eigenvalue weighted by Gasteiger charge is -2.17. The highest BCUT2D eigenvalue weighted by Crippen LogP contribution is 2.39. The minimum Gasteiger partial charge on any atom is -0.463 e. The van der Waals surface area contributed by atoms with Crippen molar-refractivity contribution in [3.05, 3.63) is 83.0 Å². The van der Waals surface area contributed by atoms with E-state index in [-0.39, 0.29) is 0 Å². The molecular formula is C17H14OS. The molecule has 1 heterocycles. The average Bonchev–Trinajstić information content (AvgIpc) is 2.48. The van der Waals surface area contributed by atoms with Crippen LogP contribution in [0.5, 0.6) is 0 Å². The van der Waals surface area contributed by atoms with E-state index in [1.165, 1.54) is 11.1 Å². The molecule has 0 N–H and O–H groups in total. The van der Waals surface area contributed by atoms with Crippen LogP contribution in [-0.4, -0.2) is 0 Å². The summed E-state index contributed by atoms with van der Waals surface area (Å²) in [6.07, 6.45) is 1.74. The summed E-state index contributed by atoms with van der Waals surface area (Å²) in [6.45, 7) is 2.10. The van der Waals surface area contributed by atoms with E-state index in [4.69, 9.17) is 4.74 Å². The van der Waals surface area contributed by atoms with Crippen LogP contribution >= 0.6 is 11.8 Å². The molecule has 0 unspecified atom stereocenters. The third-order valence-electron chi connectivity index (χ3n) is 2.95. The number of hydrogen-bond acceptors (Lipinski definition) is 2. The van der Waals surface area contributed by atoms with Crippen LogP contribution in [0, 0.1) is 6.92 Å². The van der Waals surface area contributed by atoms with Gasteiger partial charge in [0, 0.05) is 11.0 Å². The van der Waals surface area contributed by atoms with Crippen LogP contribution in [0.4, 0.5) is 0 Å². The largest absolute Gasteiger partial charge is 0.463 e. The maximum Gasteiger partial charge on any atom is 0.148 e. The summed E-state index contributed by atoms with van der Waals surface area (Å²) in [5, 5.41) is 1.97. The van der Waals surface area contributed by atoms with Crippen molar-refractivity contribution in [3.63, 3.8) is 0 Å². The predicted octanol–water partition coefficient (Wildman–Crippen LogP) is 5.06. The van der Waals surface area contributed by atoms with Crippen LogP contribution in [0.15, 0.2) is 66.3 Å². The van der Waals surface area contributed by atoms with E-state index in [0.29, 0.717) is 0 Å². The average molecular weight is 266 g/mol.